The first-order valence-corrected chi connectivity index (χ1v) is 6.81. The second-order valence-corrected chi connectivity index (χ2v) is 5.56. The Morgan fingerprint density at radius 3 is 2.32 bits per heavy atom. The quantitative estimate of drug-likeness (QED) is 0.902. The van der Waals surface area contributed by atoms with Gasteiger partial charge in [-0.3, -0.25) is 9.69 Å². The van der Waals surface area contributed by atoms with Crippen molar-refractivity contribution in [2.75, 3.05) is 20.7 Å². The van der Waals surface area contributed by atoms with Gasteiger partial charge in [0, 0.05) is 16.6 Å². The number of carboxylic acids is 1. The van der Waals surface area contributed by atoms with Crippen molar-refractivity contribution in [2.45, 2.75) is 27.3 Å². The zero-order valence-corrected chi connectivity index (χ0v) is 13.6. The molecule has 0 saturated heterocycles. The van der Waals surface area contributed by atoms with Crippen LogP contribution in [0.5, 0.6) is 5.75 Å². The van der Waals surface area contributed by atoms with Crippen LogP contribution in [-0.2, 0) is 11.3 Å². The predicted octanol–water partition coefficient (Wildman–Crippen LogP) is 2.90. The van der Waals surface area contributed by atoms with Gasteiger partial charge >= 0.3 is 5.97 Å². The molecule has 1 rings (SSSR count). The van der Waals surface area contributed by atoms with Crippen LogP contribution in [0.25, 0.3) is 0 Å². The number of hydrogen-bond donors (Lipinski definition) is 1. The van der Waals surface area contributed by atoms with Gasteiger partial charge in [-0.2, -0.15) is 0 Å². The molecule has 0 saturated carbocycles. The molecule has 0 spiro atoms. The number of nitrogens with zero attached hydrogens (tertiary/aromatic N) is 1. The van der Waals surface area contributed by atoms with Gasteiger partial charge in [0.05, 0.1) is 13.7 Å². The minimum Gasteiger partial charge on any atom is -0.496 e. The van der Waals surface area contributed by atoms with Gasteiger partial charge in [-0.25, -0.2) is 0 Å². The third-order valence-corrected chi connectivity index (χ3v) is 4.52. The maximum atomic E-state index is 10.7. The molecule has 1 aromatic carbocycles. The van der Waals surface area contributed by atoms with Gasteiger partial charge < -0.3 is 9.84 Å². The summed E-state index contributed by atoms with van der Waals surface area (Å²) in [6, 6.07) is 0. The van der Waals surface area contributed by atoms with Crippen molar-refractivity contribution in [3.05, 3.63) is 26.7 Å². The van der Waals surface area contributed by atoms with Crippen molar-refractivity contribution in [2.24, 2.45) is 0 Å². The molecule has 106 valence electrons. The predicted molar refractivity (Wildman–Crippen MR) is 78.9 cm³/mol. The van der Waals surface area contributed by atoms with Crippen molar-refractivity contribution in [3.8, 4) is 5.75 Å². The highest BCUT2D eigenvalue weighted by molar-refractivity contribution is 9.10. The van der Waals surface area contributed by atoms with E-state index in [4.69, 9.17) is 9.84 Å². The molecule has 5 heteroatoms. The van der Waals surface area contributed by atoms with Crippen LogP contribution in [0.1, 0.15) is 22.3 Å². The molecule has 0 fully saturated rings. The van der Waals surface area contributed by atoms with Crippen LogP contribution >= 0.6 is 15.9 Å². The molecule has 0 bridgehead atoms. The second-order valence-electron chi connectivity index (χ2n) is 4.77. The normalized spacial score (nSPS) is 10.9. The Morgan fingerprint density at radius 2 is 1.84 bits per heavy atom. The monoisotopic (exact) mass is 329 g/mol. The highest BCUT2D eigenvalue weighted by Crippen LogP contribution is 2.36. The zero-order chi connectivity index (χ0) is 14.7. The van der Waals surface area contributed by atoms with E-state index >= 15 is 0 Å². The molecule has 0 aliphatic rings. The number of hydrogen-bond acceptors (Lipinski definition) is 3. The van der Waals surface area contributed by atoms with Gasteiger partial charge in [0.25, 0.3) is 0 Å². The number of methoxy groups -OCH3 is 1. The number of halogens is 1. The average molecular weight is 330 g/mol. The molecule has 1 aromatic rings. The Morgan fingerprint density at radius 1 is 1.26 bits per heavy atom. The van der Waals surface area contributed by atoms with Gasteiger partial charge in [0.15, 0.2) is 0 Å². The molecule has 19 heavy (non-hydrogen) atoms. The number of likely N-dealkylation sites (N-methyl/N-ethyl adjacent to an activating group) is 1. The summed E-state index contributed by atoms with van der Waals surface area (Å²) in [5.41, 5.74) is 4.36. The van der Waals surface area contributed by atoms with E-state index < -0.39 is 5.97 Å². The Balaban J connectivity index is 3.22. The number of rotatable bonds is 5. The summed E-state index contributed by atoms with van der Waals surface area (Å²) >= 11 is 3.59. The Hall–Kier alpha value is -1.07. The Labute approximate surface area is 122 Å². The van der Waals surface area contributed by atoms with Crippen LogP contribution in [0.2, 0.25) is 0 Å². The summed E-state index contributed by atoms with van der Waals surface area (Å²) < 4.78 is 6.56. The second kappa shape index (κ2) is 6.39. The molecule has 0 radical (unpaired) electrons. The Kier molecular flexibility index (Phi) is 5.38. The van der Waals surface area contributed by atoms with Gasteiger partial charge in [0.2, 0.25) is 0 Å². The maximum absolute atomic E-state index is 10.7. The van der Waals surface area contributed by atoms with Crippen molar-refractivity contribution in [1.82, 2.24) is 4.90 Å². The SMILES string of the molecule is COc1c(C)c(C)c(Br)c(C)c1CN(C)CC(=O)O. The fraction of sp³-hybridized carbons (Fsp3) is 0.500. The maximum Gasteiger partial charge on any atom is 0.317 e. The summed E-state index contributed by atoms with van der Waals surface area (Å²) in [6.07, 6.45) is 0. The lowest BCUT2D eigenvalue weighted by Crippen LogP contribution is -2.26. The third kappa shape index (κ3) is 3.48. The third-order valence-electron chi connectivity index (χ3n) is 3.33. The van der Waals surface area contributed by atoms with Crippen LogP contribution in [0.3, 0.4) is 0 Å². The minimum absolute atomic E-state index is 0.00708. The first kappa shape index (κ1) is 16.0. The summed E-state index contributed by atoms with van der Waals surface area (Å²) in [7, 11) is 3.44. The molecule has 0 atom stereocenters. The number of ether oxygens (including phenoxy) is 1. The zero-order valence-electron chi connectivity index (χ0n) is 12.0. The number of carboxylic acid groups (broad SMARTS) is 1. The fourth-order valence-corrected chi connectivity index (χ4v) is 2.71. The van der Waals surface area contributed by atoms with Gasteiger partial charge in [-0.15, -0.1) is 0 Å². The molecule has 0 amide bonds. The highest BCUT2D eigenvalue weighted by Gasteiger charge is 2.18. The van der Waals surface area contributed by atoms with Crippen LogP contribution in [0.15, 0.2) is 4.47 Å². The van der Waals surface area contributed by atoms with Crippen molar-refractivity contribution < 1.29 is 14.6 Å². The first-order chi connectivity index (χ1) is 8.79. The molecule has 0 aliphatic heterocycles. The number of carbonyl (C=O) groups is 1. The summed E-state index contributed by atoms with van der Waals surface area (Å²) in [6.45, 7) is 6.62. The standard InChI is InChI=1S/C14H20BrNO3/c1-8-9(2)14(19-5)11(10(3)13(8)15)6-16(4)7-12(17)18/h6-7H2,1-5H3,(H,17,18). The van der Waals surface area contributed by atoms with Gasteiger partial charge in [-0.05, 0) is 44.5 Å². The van der Waals surface area contributed by atoms with Gasteiger partial charge in [0.1, 0.15) is 5.75 Å². The van der Waals surface area contributed by atoms with Crippen LogP contribution in [-0.4, -0.2) is 36.7 Å². The largest absolute Gasteiger partial charge is 0.496 e. The van der Waals surface area contributed by atoms with E-state index in [1.54, 1.807) is 19.1 Å². The fourth-order valence-electron chi connectivity index (χ4n) is 2.17. The van der Waals surface area contributed by atoms with E-state index in [1.165, 1.54) is 0 Å². The molecule has 4 nitrogen and oxygen atoms in total. The van der Waals surface area contributed by atoms with E-state index in [2.05, 4.69) is 15.9 Å². The summed E-state index contributed by atoms with van der Waals surface area (Å²) in [5.74, 6) is 0.0115. The lowest BCUT2D eigenvalue weighted by atomic mass is 9.98. The van der Waals surface area contributed by atoms with Crippen molar-refractivity contribution in [1.29, 1.82) is 0 Å². The lowest BCUT2D eigenvalue weighted by molar-refractivity contribution is -0.138. The number of benzene rings is 1. The van der Waals surface area contributed by atoms with Gasteiger partial charge in [-0.1, -0.05) is 15.9 Å². The highest BCUT2D eigenvalue weighted by atomic mass is 79.9. The average Bonchev–Trinajstić information content (AvgIpc) is 2.33. The first-order valence-electron chi connectivity index (χ1n) is 6.02. The minimum atomic E-state index is -0.831. The topological polar surface area (TPSA) is 49.8 Å². The molecular weight excluding hydrogens is 310 g/mol. The van der Waals surface area contributed by atoms with E-state index in [0.29, 0.717) is 6.54 Å². The van der Waals surface area contributed by atoms with Crippen LogP contribution < -0.4 is 4.74 Å². The summed E-state index contributed by atoms with van der Waals surface area (Å²) in [5, 5.41) is 8.83. The van der Waals surface area contributed by atoms with Crippen LogP contribution in [0, 0.1) is 20.8 Å². The smallest absolute Gasteiger partial charge is 0.317 e. The molecule has 0 aliphatic carbocycles. The van der Waals surface area contributed by atoms with E-state index in [-0.39, 0.29) is 6.54 Å². The van der Waals surface area contributed by atoms with E-state index in [0.717, 1.165) is 32.5 Å². The molecular formula is C14H20BrNO3. The molecule has 0 unspecified atom stereocenters. The van der Waals surface area contributed by atoms with Crippen molar-refractivity contribution in [3.63, 3.8) is 0 Å². The summed E-state index contributed by atoms with van der Waals surface area (Å²) in [4.78, 5) is 12.5. The molecule has 1 N–H and O–H groups in total. The van der Waals surface area contributed by atoms with Crippen LogP contribution in [0.4, 0.5) is 0 Å². The lowest BCUT2D eigenvalue weighted by Gasteiger charge is -2.22. The van der Waals surface area contributed by atoms with E-state index in [9.17, 15) is 4.79 Å². The Bertz CT molecular complexity index is 500. The molecule has 0 aromatic heterocycles. The number of aliphatic carboxylic acids is 1. The van der Waals surface area contributed by atoms with Crippen molar-refractivity contribution >= 4 is 21.9 Å². The molecule has 0 heterocycles. The van der Waals surface area contributed by atoms with E-state index in [1.807, 2.05) is 20.8 Å².